The molecule has 0 atom stereocenters. The van der Waals surface area contributed by atoms with Crippen molar-refractivity contribution in [2.24, 2.45) is 0 Å². The first kappa shape index (κ1) is 30.9. The third-order valence-electron chi connectivity index (χ3n) is 11.8. The first-order valence-corrected chi connectivity index (χ1v) is 20.1. The second kappa shape index (κ2) is 11.6. The van der Waals surface area contributed by atoms with Crippen LogP contribution in [0, 0.1) is 0 Å². The van der Waals surface area contributed by atoms with Crippen molar-refractivity contribution >= 4 is 108 Å². The van der Waals surface area contributed by atoms with Gasteiger partial charge < -0.3 is 4.57 Å². The monoisotopic (exact) mass is 742 g/mol. The lowest BCUT2D eigenvalue weighted by molar-refractivity contribution is 1.08. The van der Waals surface area contributed by atoms with Gasteiger partial charge in [-0.05, 0) is 76.8 Å². The van der Waals surface area contributed by atoms with E-state index in [2.05, 4.69) is 179 Å². The number of benzene rings is 9. The van der Waals surface area contributed by atoms with E-state index in [1.54, 1.807) is 0 Å². The van der Waals surface area contributed by atoms with E-state index in [-0.39, 0.29) is 0 Å². The van der Waals surface area contributed by atoms with E-state index in [0.717, 1.165) is 44.5 Å². The molecule has 0 N–H and O–H groups in total. The maximum atomic E-state index is 5.53. The minimum absolute atomic E-state index is 0.813. The third kappa shape index (κ3) is 4.37. The fraction of sp³-hybridized carbons (Fsp3) is 0. The molecule has 0 amide bonds. The predicted molar refractivity (Wildman–Crippen MR) is 242 cm³/mol. The van der Waals surface area contributed by atoms with Crippen LogP contribution in [0.15, 0.2) is 182 Å². The number of hydrogen-bond donors (Lipinski definition) is 0. The molecule has 0 saturated carbocycles. The zero-order valence-electron chi connectivity index (χ0n) is 30.5. The molecule has 9 aromatic carbocycles. The van der Waals surface area contributed by atoms with E-state index in [0.29, 0.717) is 0 Å². The Morgan fingerprint density at radius 1 is 0.368 bits per heavy atom. The van der Waals surface area contributed by atoms with Crippen LogP contribution in [0.1, 0.15) is 0 Å². The summed E-state index contributed by atoms with van der Waals surface area (Å²) in [7, 11) is 0. The quantitative estimate of drug-likeness (QED) is 0.181. The van der Waals surface area contributed by atoms with Crippen molar-refractivity contribution < 1.29 is 0 Å². The molecule has 4 heterocycles. The molecule has 0 fully saturated rings. The van der Waals surface area contributed by atoms with Gasteiger partial charge in [-0.25, -0.2) is 9.97 Å². The normalized spacial score (nSPS) is 12.2. The van der Waals surface area contributed by atoms with Gasteiger partial charge in [0.05, 0.1) is 38.8 Å². The second-order valence-electron chi connectivity index (χ2n) is 15.0. The lowest BCUT2D eigenvalue weighted by Crippen LogP contribution is -2.04. The Hall–Kier alpha value is -7.34. The average Bonchev–Trinajstić information content (AvgIpc) is 3.91. The first-order valence-electron chi connectivity index (χ1n) is 19.3. The number of thiophene rings is 1. The highest BCUT2D eigenvalue weighted by molar-refractivity contribution is 7.25. The number of rotatable bonds is 3. The van der Waals surface area contributed by atoms with Crippen LogP contribution in [0.25, 0.3) is 119 Å². The van der Waals surface area contributed by atoms with Crippen LogP contribution < -0.4 is 0 Å². The van der Waals surface area contributed by atoms with Crippen molar-refractivity contribution in [1.82, 2.24) is 19.1 Å². The molecule has 5 heteroatoms. The molecule has 0 spiro atoms. The minimum atomic E-state index is 0.813. The van der Waals surface area contributed by atoms with Crippen molar-refractivity contribution in [1.29, 1.82) is 0 Å². The lowest BCUT2D eigenvalue weighted by atomic mass is 10.0. The maximum absolute atomic E-state index is 5.53. The first-order chi connectivity index (χ1) is 28.3. The summed E-state index contributed by atoms with van der Waals surface area (Å²) in [6.45, 7) is 0. The van der Waals surface area contributed by atoms with Gasteiger partial charge in [0.2, 0.25) is 0 Å². The summed E-state index contributed by atoms with van der Waals surface area (Å²) >= 11 is 1.83. The van der Waals surface area contributed by atoms with Gasteiger partial charge in [0.1, 0.15) is 5.69 Å². The Balaban J connectivity index is 1.20. The third-order valence-corrected chi connectivity index (χ3v) is 13.0. The molecule has 264 valence electrons. The molecule has 0 radical (unpaired) electrons. The molecule has 13 aromatic rings. The Morgan fingerprint density at radius 2 is 0.965 bits per heavy atom. The fourth-order valence-electron chi connectivity index (χ4n) is 9.34. The number of fused-ring (bicyclic) bond motifs is 12. The summed E-state index contributed by atoms with van der Waals surface area (Å²) in [5.41, 5.74) is 9.34. The molecule has 4 nitrogen and oxygen atoms in total. The van der Waals surface area contributed by atoms with Crippen LogP contribution in [0.5, 0.6) is 0 Å². The number of nitrogens with zero attached hydrogens (tertiary/aromatic N) is 4. The molecule has 0 aliphatic rings. The topological polar surface area (TPSA) is 35.6 Å². The number of aromatic nitrogens is 4. The Kier molecular flexibility index (Phi) is 6.29. The summed E-state index contributed by atoms with van der Waals surface area (Å²) in [6, 6.07) is 66.0. The van der Waals surface area contributed by atoms with Gasteiger partial charge in [-0.3, -0.25) is 4.57 Å². The maximum Gasteiger partial charge on any atom is 0.165 e. The van der Waals surface area contributed by atoms with Gasteiger partial charge in [-0.2, -0.15) is 0 Å². The van der Waals surface area contributed by atoms with E-state index >= 15 is 0 Å². The summed E-state index contributed by atoms with van der Waals surface area (Å²) < 4.78 is 7.44. The van der Waals surface area contributed by atoms with Gasteiger partial charge in [0.15, 0.2) is 5.82 Å². The van der Waals surface area contributed by atoms with E-state index in [4.69, 9.17) is 9.97 Å². The molecule has 13 rings (SSSR count). The van der Waals surface area contributed by atoms with Gasteiger partial charge in [0.25, 0.3) is 0 Å². The van der Waals surface area contributed by atoms with Crippen molar-refractivity contribution in [3.63, 3.8) is 0 Å². The van der Waals surface area contributed by atoms with E-state index in [1.165, 1.54) is 74.6 Å². The second-order valence-corrected chi connectivity index (χ2v) is 16.0. The largest absolute Gasteiger partial charge is 0.308 e. The number of hydrogen-bond acceptors (Lipinski definition) is 3. The zero-order chi connectivity index (χ0) is 37.2. The van der Waals surface area contributed by atoms with Crippen LogP contribution in [0.4, 0.5) is 0 Å². The minimum Gasteiger partial charge on any atom is -0.308 e. The van der Waals surface area contributed by atoms with Crippen molar-refractivity contribution in [3.05, 3.63) is 182 Å². The summed E-state index contributed by atoms with van der Waals surface area (Å²) in [5.74, 6) is 0.813. The highest BCUT2D eigenvalue weighted by atomic mass is 32.1. The molecule has 4 aromatic heterocycles. The molecule has 0 bridgehead atoms. The van der Waals surface area contributed by atoms with Gasteiger partial charge >= 0.3 is 0 Å². The van der Waals surface area contributed by atoms with Crippen LogP contribution in [0.2, 0.25) is 0 Å². The lowest BCUT2D eigenvalue weighted by Gasteiger charge is -2.16. The molecular weight excluding hydrogens is 713 g/mol. The average molecular weight is 743 g/mol. The molecule has 0 unspecified atom stereocenters. The van der Waals surface area contributed by atoms with Crippen LogP contribution in [0.3, 0.4) is 0 Å². The van der Waals surface area contributed by atoms with Gasteiger partial charge in [-0.15, -0.1) is 11.3 Å². The number of para-hydroxylation sites is 4. The Bertz CT molecular complexity index is 3830. The highest BCUT2D eigenvalue weighted by Gasteiger charge is 2.25. The van der Waals surface area contributed by atoms with E-state index < -0.39 is 0 Å². The molecule has 0 saturated heterocycles. The van der Waals surface area contributed by atoms with Gasteiger partial charge in [0, 0.05) is 52.7 Å². The van der Waals surface area contributed by atoms with Crippen LogP contribution >= 0.6 is 11.3 Å². The summed E-state index contributed by atoms with van der Waals surface area (Å²) in [4.78, 5) is 11.0. The predicted octanol–water partition coefficient (Wildman–Crippen LogP) is 14.2. The molecule has 0 aliphatic heterocycles. The van der Waals surface area contributed by atoms with Crippen LogP contribution in [-0.4, -0.2) is 19.1 Å². The summed E-state index contributed by atoms with van der Waals surface area (Å²) in [5, 5.41) is 12.2. The Labute approximate surface area is 330 Å². The summed E-state index contributed by atoms with van der Waals surface area (Å²) in [6.07, 6.45) is 0. The highest BCUT2D eigenvalue weighted by Crippen LogP contribution is 2.45. The molecule has 0 aliphatic carbocycles. The standard InChI is InChI=1S/C52H30N4S/c1-2-14-32-29-45-39(27-31(32)13-1)36-17-5-10-22-43(36)55(45)51-35-16-4-3-15-33(35)30-46-49(51)38-19-6-11-23-44(38)56(46)52-50(53-41-20-8-9-21-42(41)54-52)34-25-26-48-40(28-34)37-18-7-12-24-47(37)57-48/h1-30H. The van der Waals surface area contributed by atoms with Crippen molar-refractivity contribution in [2.45, 2.75) is 0 Å². The fourth-order valence-corrected chi connectivity index (χ4v) is 10.4. The van der Waals surface area contributed by atoms with Crippen LogP contribution in [-0.2, 0) is 0 Å². The van der Waals surface area contributed by atoms with Crippen molar-refractivity contribution in [3.8, 4) is 22.8 Å². The molecular formula is C52H30N4S. The van der Waals surface area contributed by atoms with Gasteiger partial charge in [-0.1, -0.05) is 121 Å². The van der Waals surface area contributed by atoms with Crippen molar-refractivity contribution in [2.75, 3.05) is 0 Å². The SMILES string of the molecule is c1ccc2cc3c(cc2c1)c1ccccc1n3-c1c2ccccc2cc2c1c1ccccc1n2-c1nc2ccccc2nc1-c1ccc2sc3ccccc3c2c1. The Morgan fingerprint density at radius 3 is 1.79 bits per heavy atom. The smallest absolute Gasteiger partial charge is 0.165 e. The van der Waals surface area contributed by atoms with E-state index in [1.807, 2.05) is 23.5 Å². The molecule has 57 heavy (non-hydrogen) atoms. The van der Waals surface area contributed by atoms with E-state index in [9.17, 15) is 0 Å². The zero-order valence-corrected chi connectivity index (χ0v) is 31.3.